The van der Waals surface area contributed by atoms with Gasteiger partial charge in [0.25, 0.3) is 0 Å². The summed E-state index contributed by atoms with van der Waals surface area (Å²) < 4.78 is 29.5. The van der Waals surface area contributed by atoms with Crippen LogP contribution in [0.3, 0.4) is 0 Å². The third-order valence-corrected chi connectivity index (χ3v) is 2.67. The van der Waals surface area contributed by atoms with Gasteiger partial charge in [0.05, 0.1) is 12.8 Å². The molecule has 0 radical (unpaired) electrons. The van der Waals surface area contributed by atoms with Crippen molar-refractivity contribution in [2.24, 2.45) is 5.73 Å². The molecule has 0 spiro atoms. The lowest BCUT2D eigenvalue weighted by Crippen LogP contribution is -2.09. The van der Waals surface area contributed by atoms with Crippen LogP contribution in [0.2, 0.25) is 0 Å². The summed E-state index contributed by atoms with van der Waals surface area (Å²) in [4.78, 5) is 4.06. The summed E-state index contributed by atoms with van der Waals surface area (Å²) in [7, 11) is -3.31. The van der Waals surface area contributed by atoms with E-state index < -0.39 is 10.0 Å². The molecule has 8 heteroatoms. The van der Waals surface area contributed by atoms with Gasteiger partial charge < -0.3 is 10.3 Å². The van der Waals surface area contributed by atoms with E-state index in [4.69, 9.17) is 10.3 Å². The van der Waals surface area contributed by atoms with Gasteiger partial charge in [0.1, 0.15) is 0 Å². The van der Waals surface area contributed by atoms with Crippen LogP contribution in [-0.4, -0.2) is 24.8 Å². The first-order valence-electron chi connectivity index (χ1n) is 5.09. The van der Waals surface area contributed by atoms with Crippen molar-refractivity contribution in [3.8, 4) is 11.4 Å². The van der Waals surface area contributed by atoms with Crippen LogP contribution in [0.1, 0.15) is 5.89 Å². The third kappa shape index (κ3) is 3.05. The first-order chi connectivity index (χ1) is 8.48. The molecule has 0 unspecified atom stereocenters. The molecular weight excluding hydrogens is 256 g/mol. The molecule has 18 heavy (non-hydrogen) atoms. The van der Waals surface area contributed by atoms with Gasteiger partial charge in [-0.25, -0.2) is 8.42 Å². The Bertz CT molecular complexity index is 651. The van der Waals surface area contributed by atoms with Gasteiger partial charge in [-0.15, -0.1) is 0 Å². The monoisotopic (exact) mass is 268 g/mol. The minimum Gasteiger partial charge on any atom is -0.338 e. The topological polar surface area (TPSA) is 111 Å². The Labute approximate surface area is 104 Å². The molecule has 1 aromatic heterocycles. The molecule has 7 nitrogen and oxygen atoms in total. The van der Waals surface area contributed by atoms with Crippen LogP contribution in [0.5, 0.6) is 0 Å². The molecule has 2 aromatic rings. The fourth-order valence-corrected chi connectivity index (χ4v) is 1.95. The maximum atomic E-state index is 11.1. The SMILES string of the molecule is CS(=O)(=O)Nc1cccc(-c2noc(CN)n2)c1. The fraction of sp³-hybridized carbons (Fsp3) is 0.200. The smallest absolute Gasteiger partial charge is 0.240 e. The second-order valence-electron chi connectivity index (χ2n) is 3.67. The second-order valence-corrected chi connectivity index (χ2v) is 5.42. The van der Waals surface area contributed by atoms with Crippen LogP contribution in [-0.2, 0) is 16.6 Å². The zero-order valence-corrected chi connectivity index (χ0v) is 10.4. The van der Waals surface area contributed by atoms with Gasteiger partial charge >= 0.3 is 0 Å². The molecular formula is C10H12N4O3S. The van der Waals surface area contributed by atoms with Crippen molar-refractivity contribution in [1.29, 1.82) is 0 Å². The maximum absolute atomic E-state index is 11.1. The average Bonchev–Trinajstić information content (AvgIpc) is 2.75. The van der Waals surface area contributed by atoms with Crippen LogP contribution < -0.4 is 10.5 Å². The van der Waals surface area contributed by atoms with Gasteiger partial charge in [0, 0.05) is 11.3 Å². The molecule has 0 atom stereocenters. The maximum Gasteiger partial charge on any atom is 0.240 e. The number of aromatic nitrogens is 2. The van der Waals surface area contributed by atoms with Gasteiger partial charge in [0.2, 0.25) is 21.7 Å². The molecule has 1 heterocycles. The lowest BCUT2D eigenvalue weighted by atomic mass is 10.2. The lowest BCUT2D eigenvalue weighted by molar-refractivity contribution is 0.380. The first-order valence-corrected chi connectivity index (χ1v) is 6.98. The second kappa shape index (κ2) is 4.75. The summed E-state index contributed by atoms with van der Waals surface area (Å²) in [5.41, 5.74) is 6.45. The number of hydrogen-bond donors (Lipinski definition) is 2. The van der Waals surface area contributed by atoms with Crippen molar-refractivity contribution in [2.75, 3.05) is 11.0 Å². The van der Waals surface area contributed by atoms with Crippen molar-refractivity contribution < 1.29 is 12.9 Å². The number of nitrogens with two attached hydrogens (primary N) is 1. The van der Waals surface area contributed by atoms with Gasteiger partial charge in [-0.2, -0.15) is 4.98 Å². The predicted molar refractivity (Wildman–Crippen MR) is 66.1 cm³/mol. The number of nitrogens with one attached hydrogen (secondary N) is 1. The molecule has 0 saturated heterocycles. The highest BCUT2D eigenvalue weighted by Crippen LogP contribution is 2.20. The molecule has 0 fully saturated rings. The summed E-state index contributed by atoms with van der Waals surface area (Å²) in [6, 6.07) is 6.70. The van der Waals surface area contributed by atoms with E-state index in [-0.39, 0.29) is 6.54 Å². The number of hydrogen-bond acceptors (Lipinski definition) is 6. The van der Waals surface area contributed by atoms with Gasteiger partial charge in [0.15, 0.2) is 0 Å². The normalized spacial score (nSPS) is 11.4. The summed E-state index contributed by atoms with van der Waals surface area (Å²) in [5, 5.41) is 3.75. The van der Waals surface area contributed by atoms with Crippen LogP contribution >= 0.6 is 0 Å². The highest BCUT2D eigenvalue weighted by molar-refractivity contribution is 7.92. The molecule has 0 saturated carbocycles. The van der Waals surface area contributed by atoms with E-state index in [0.717, 1.165) is 6.26 Å². The van der Waals surface area contributed by atoms with Gasteiger partial charge in [-0.1, -0.05) is 17.3 Å². The Morgan fingerprint density at radius 2 is 2.22 bits per heavy atom. The van der Waals surface area contributed by atoms with Crippen LogP contribution in [0, 0.1) is 0 Å². The number of rotatable bonds is 4. The highest BCUT2D eigenvalue weighted by atomic mass is 32.2. The molecule has 1 aromatic carbocycles. The summed E-state index contributed by atoms with van der Waals surface area (Å²) in [5.74, 6) is 0.694. The molecule has 2 rings (SSSR count). The number of sulfonamides is 1. The summed E-state index contributed by atoms with van der Waals surface area (Å²) >= 11 is 0. The molecule has 0 bridgehead atoms. The summed E-state index contributed by atoms with van der Waals surface area (Å²) in [6.07, 6.45) is 1.08. The van der Waals surface area contributed by atoms with E-state index in [0.29, 0.717) is 23.0 Å². The fourth-order valence-electron chi connectivity index (χ4n) is 1.39. The Morgan fingerprint density at radius 3 is 2.83 bits per heavy atom. The van der Waals surface area contributed by atoms with Crippen LogP contribution in [0.4, 0.5) is 5.69 Å². The average molecular weight is 268 g/mol. The van der Waals surface area contributed by atoms with E-state index >= 15 is 0 Å². The zero-order chi connectivity index (χ0) is 13.2. The standard InChI is InChI=1S/C10H12N4O3S/c1-18(15,16)14-8-4-2-3-7(5-8)10-12-9(6-11)17-13-10/h2-5,14H,6,11H2,1H3. The molecule has 0 aliphatic heterocycles. The van der Waals surface area contributed by atoms with E-state index in [9.17, 15) is 8.42 Å². The Kier molecular flexibility index (Phi) is 3.30. The first kappa shape index (κ1) is 12.5. The predicted octanol–water partition coefficient (Wildman–Crippen LogP) is 0.567. The molecule has 96 valence electrons. The lowest BCUT2D eigenvalue weighted by Gasteiger charge is -2.04. The van der Waals surface area contributed by atoms with Crippen molar-refractivity contribution in [2.45, 2.75) is 6.54 Å². The molecule has 0 aliphatic carbocycles. The minimum atomic E-state index is -3.31. The molecule has 3 N–H and O–H groups in total. The number of anilines is 1. The van der Waals surface area contributed by atoms with Crippen molar-refractivity contribution in [3.05, 3.63) is 30.2 Å². The van der Waals surface area contributed by atoms with Crippen LogP contribution in [0.15, 0.2) is 28.8 Å². The number of benzene rings is 1. The quantitative estimate of drug-likeness (QED) is 0.838. The van der Waals surface area contributed by atoms with Crippen molar-refractivity contribution >= 4 is 15.7 Å². The van der Waals surface area contributed by atoms with Gasteiger partial charge in [-0.05, 0) is 12.1 Å². The van der Waals surface area contributed by atoms with E-state index in [1.807, 2.05) is 0 Å². The summed E-state index contributed by atoms with van der Waals surface area (Å²) in [6.45, 7) is 0.161. The van der Waals surface area contributed by atoms with E-state index in [2.05, 4.69) is 14.9 Å². The Balaban J connectivity index is 2.32. The van der Waals surface area contributed by atoms with Crippen molar-refractivity contribution in [1.82, 2.24) is 10.1 Å². The van der Waals surface area contributed by atoms with E-state index in [1.165, 1.54) is 0 Å². The van der Waals surface area contributed by atoms with E-state index in [1.54, 1.807) is 24.3 Å². The van der Waals surface area contributed by atoms with Crippen molar-refractivity contribution in [3.63, 3.8) is 0 Å². The Hall–Kier alpha value is -1.93. The molecule has 0 amide bonds. The third-order valence-electron chi connectivity index (χ3n) is 2.07. The minimum absolute atomic E-state index is 0.161. The number of nitrogens with zero attached hydrogens (tertiary/aromatic N) is 2. The zero-order valence-electron chi connectivity index (χ0n) is 9.62. The highest BCUT2D eigenvalue weighted by Gasteiger charge is 2.09. The Morgan fingerprint density at radius 1 is 1.44 bits per heavy atom. The van der Waals surface area contributed by atoms with Crippen LogP contribution in [0.25, 0.3) is 11.4 Å². The van der Waals surface area contributed by atoms with Gasteiger partial charge in [-0.3, -0.25) is 4.72 Å². The molecule has 0 aliphatic rings. The largest absolute Gasteiger partial charge is 0.338 e.